The molecule has 0 saturated heterocycles. The highest BCUT2D eigenvalue weighted by Gasteiger charge is 2.30. The summed E-state index contributed by atoms with van der Waals surface area (Å²) in [6.07, 6.45) is 5.60. The van der Waals surface area contributed by atoms with E-state index >= 15 is 0 Å². The lowest BCUT2D eigenvalue weighted by Crippen LogP contribution is -2.31. The monoisotopic (exact) mass is 208 g/mol. The first-order valence-corrected chi connectivity index (χ1v) is 4.94. The Balaban J connectivity index is 0. The molecule has 4 N–H and O–H groups in total. The van der Waals surface area contributed by atoms with Gasteiger partial charge in [0.1, 0.15) is 0 Å². The lowest BCUT2D eigenvalue weighted by molar-refractivity contribution is 0.0234. The second-order valence-corrected chi connectivity index (χ2v) is 3.38. The second-order valence-electron chi connectivity index (χ2n) is 3.38. The molecule has 0 bridgehead atoms. The Morgan fingerprint density at radius 1 is 0.786 bits per heavy atom. The minimum Gasteiger partial charge on any atom is -0.400 e. The largest absolute Gasteiger partial charge is 0.400 e. The smallest absolute Gasteiger partial charge is 0.0509 e. The summed E-state index contributed by atoms with van der Waals surface area (Å²) in [6.45, 7) is 0.312. The summed E-state index contributed by atoms with van der Waals surface area (Å²) in [5, 5.41) is 32.0. The molecule has 0 aliphatic heterocycles. The maximum atomic E-state index is 8.98. The predicted molar refractivity (Wildman–Crippen MR) is 56.0 cm³/mol. The molecule has 1 rings (SSSR count). The molecular formula is C10H24O4. The molecule has 1 aliphatic carbocycles. The highest BCUT2D eigenvalue weighted by Crippen LogP contribution is 2.34. The lowest BCUT2D eigenvalue weighted by Gasteiger charge is -2.33. The van der Waals surface area contributed by atoms with Gasteiger partial charge in [0, 0.05) is 19.6 Å². The molecule has 0 spiro atoms. The highest BCUT2D eigenvalue weighted by molar-refractivity contribution is 4.80. The van der Waals surface area contributed by atoms with E-state index in [9.17, 15) is 0 Å². The fraction of sp³-hybridized carbons (Fsp3) is 1.00. The van der Waals surface area contributed by atoms with Crippen LogP contribution in [0.2, 0.25) is 0 Å². The zero-order chi connectivity index (χ0) is 11.4. The summed E-state index contributed by atoms with van der Waals surface area (Å²) in [5.74, 6) is 0. The molecule has 0 amide bonds. The Labute approximate surface area is 86.2 Å². The Morgan fingerprint density at radius 2 is 1.14 bits per heavy atom. The maximum absolute atomic E-state index is 8.98. The van der Waals surface area contributed by atoms with Gasteiger partial charge in [-0.3, -0.25) is 0 Å². The van der Waals surface area contributed by atoms with Crippen LogP contribution < -0.4 is 0 Å². The molecular weight excluding hydrogens is 184 g/mol. The van der Waals surface area contributed by atoms with Crippen LogP contribution in [0.5, 0.6) is 0 Å². The molecule has 0 unspecified atom stereocenters. The van der Waals surface area contributed by atoms with Gasteiger partial charge in [0.25, 0.3) is 0 Å². The highest BCUT2D eigenvalue weighted by atomic mass is 16.3. The maximum Gasteiger partial charge on any atom is 0.0509 e. The van der Waals surface area contributed by atoms with Crippen molar-refractivity contribution in [1.82, 2.24) is 0 Å². The first kappa shape index (κ1) is 16.3. The first-order chi connectivity index (χ1) is 6.83. The second kappa shape index (κ2) is 10.9. The van der Waals surface area contributed by atoms with Crippen molar-refractivity contribution in [3.63, 3.8) is 0 Å². The average molecular weight is 208 g/mol. The molecule has 0 heterocycles. The normalized spacial score (nSPS) is 18.4. The number of aliphatic hydroxyl groups excluding tert-OH is 4. The van der Waals surface area contributed by atoms with E-state index in [0.29, 0.717) is 0 Å². The number of rotatable bonds is 2. The van der Waals surface area contributed by atoms with Crippen LogP contribution in [-0.4, -0.2) is 47.9 Å². The Kier molecular flexibility index (Phi) is 12.7. The quantitative estimate of drug-likeness (QED) is 0.520. The van der Waals surface area contributed by atoms with Crippen LogP contribution in [0.4, 0.5) is 0 Å². The van der Waals surface area contributed by atoms with Crippen LogP contribution in [0.1, 0.15) is 32.1 Å². The van der Waals surface area contributed by atoms with Gasteiger partial charge >= 0.3 is 0 Å². The summed E-state index contributed by atoms with van der Waals surface area (Å²) in [4.78, 5) is 0. The predicted octanol–water partition coefficient (Wildman–Crippen LogP) is 0.138. The average Bonchev–Trinajstić information content (AvgIpc) is 2.35. The van der Waals surface area contributed by atoms with E-state index in [2.05, 4.69) is 0 Å². The van der Waals surface area contributed by atoms with Gasteiger partial charge in [-0.1, -0.05) is 19.3 Å². The van der Waals surface area contributed by atoms with Gasteiger partial charge in [0.05, 0.1) is 13.2 Å². The SMILES string of the molecule is CO.CO.OCC1(CO)CCCCC1. The van der Waals surface area contributed by atoms with E-state index in [0.717, 1.165) is 27.1 Å². The van der Waals surface area contributed by atoms with E-state index in [-0.39, 0.29) is 18.6 Å². The minimum absolute atomic E-state index is 0.127. The zero-order valence-corrected chi connectivity index (χ0v) is 9.24. The van der Waals surface area contributed by atoms with E-state index in [1.165, 1.54) is 19.3 Å². The summed E-state index contributed by atoms with van der Waals surface area (Å²) >= 11 is 0. The lowest BCUT2D eigenvalue weighted by atomic mass is 9.75. The fourth-order valence-corrected chi connectivity index (χ4v) is 1.67. The van der Waals surface area contributed by atoms with Crippen LogP contribution in [-0.2, 0) is 0 Å². The van der Waals surface area contributed by atoms with Gasteiger partial charge in [-0.15, -0.1) is 0 Å². The molecule has 0 aromatic heterocycles. The number of aliphatic hydroxyl groups is 4. The van der Waals surface area contributed by atoms with Crippen molar-refractivity contribution < 1.29 is 20.4 Å². The van der Waals surface area contributed by atoms with Crippen LogP contribution in [0.25, 0.3) is 0 Å². The van der Waals surface area contributed by atoms with Gasteiger partial charge in [-0.05, 0) is 12.8 Å². The van der Waals surface area contributed by atoms with Crippen LogP contribution in [0.15, 0.2) is 0 Å². The Morgan fingerprint density at radius 3 is 1.36 bits per heavy atom. The van der Waals surface area contributed by atoms with Gasteiger partial charge in [0.2, 0.25) is 0 Å². The van der Waals surface area contributed by atoms with Crippen molar-refractivity contribution in [3.05, 3.63) is 0 Å². The molecule has 1 fully saturated rings. The summed E-state index contributed by atoms with van der Waals surface area (Å²) in [5.41, 5.74) is -0.127. The van der Waals surface area contributed by atoms with E-state index in [1.807, 2.05) is 0 Å². The van der Waals surface area contributed by atoms with E-state index < -0.39 is 0 Å². The summed E-state index contributed by atoms with van der Waals surface area (Å²) in [6, 6.07) is 0. The summed E-state index contributed by atoms with van der Waals surface area (Å²) in [7, 11) is 2.00. The molecule has 88 valence electrons. The van der Waals surface area contributed by atoms with E-state index in [1.54, 1.807) is 0 Å². The third-order valence-electron chi connectivity index (χ3n) is 2.59. The first-order valence-electron chi connectivity index (χ1n) is 4.94. The zero-order valence-electron chi connectivity index (χ0n) is 9.24. The van der Waals surface area contributed by atoms with Crippen LogP contribution in [0, 0.1) is 5.41 Å². The van der Waals surface area contributed by atoms with Crippen molar-refractivity contribution in [3.8, 4) is 0 Å². The molecule has 0 atom stereocenters. The summed E-state index contributed by atoms with van der Waals surface area (Å²) < 4.78 is 0. The fourth-order valence-electron chi connectivity index (χ4n) is 1.67. The van der Waals surface area contributed by atoms with Gasteiger partial charge in [-0.25, -0.2) is 0 Å². The van der Waals surface area contributed by atoms with Crippen molar-refractivity contribution in [1.29, 1.82) is 0 Å². The minimum atomic E-state index is -0.127. The molecule has 0 aromatic carbocycles. The molecule has 1 aliphatic rings. The van der Waals surface area contributed by atoms with Gasteiger partial charge < -0.3 is 20.4 Å². The Hall–Kier alpha value is -0.160. The van der Waals surface area contributed by atoms with Gasteiger partial charge in [0.15, 0.2) is 0 Å². The molecule has 0 aromatic rings. The number of hydrogen-bond acceptors (Lipinski definition) is 4. The topological polar surface area (TPSA) is 80.9 Å². The molecule has 4 nitrogen and oxygen atoms in total. The van der Waals surface area contributed by atoms with Crippen molar-refractivity contribution in [2.45, 2.75) is 32.1 Å². The Bertz CT molecular complexity index is 94.3. The van der Waals surface area contributed by atoms with Crippen molar-refractivity contribution >= 4 is 0 Å². The number of hydrogen-bond donors (Lipinski definition) is 4. The van der Waals surface area contributed by atoms with E-state index in [4.69, 9.17) is 20.4 Å². The van der Waals surface area contributed by atoms with Crippen molar-refractivity contribution in [2.75, 3.05) is 27.4 Å². The van der Waals surface area contributed by atoms with Gasteiger partial charge in [-0.2, -0.15) is 0 Å². The van der Waals surface area contributed by atoms with Crippen LogP contribution >= 0.6 is 0 Å². The third-order valence-corrected chi connectivity index (χ3v) is 2.59. The third kappa shape index (κ3) is 5.54. The molecule has 4 heteroatoms. The molecule has 1 saturated carbocycles. The molecule has 14 heavy (non-hydrogen) atoms. The standard InChI is InChI=1S/C8H16O2.2CH4O/c9-6-8(7-10)4-2-1-3-5-8;2*1-2/h9-10H,1-7H2;2*2H,1H3. The van der Waals surface area contributed by atoms with Crippen LogP contribution in [0.3, 0.4) is 0 Å². The molecule has 0 radical (unpaired) electrons. The van der Waals surface area contributed by atoms with Crippen molar-refractivity contribution in [2.24, 2.45) is 5.41 Å².